The lowest BCUT2D eigenvalue weighted by atomic mass is 10.2. The number of pyridine rings is 1. The Hall–Kier alpha value is -2.36. The Bertz CT molecular complexity index is 529. The van der Waals surface area contributed by atoms with Crippen molar-refractivity contribution in [1.29, 1.82) is 0 Å². The summed E-state index contributed by atoms with van der Waals surface area (Å²) >= 11 is 0. The summed E-state index contributed by atoms with van der Waals surface area (Å²) in [6.07, 6.45) is 9.26. The van der Waals surface area contributed by atoms with Gasteiger partial charge < -0.3 is 10.3 Å². The Labute approximate surface area is 99.4 Å². The second kappa shape index (κ2) is 5.12. The summed E-state index contributed by atoms with van der Waals surface area (Å²) in [5.41, 5.74) is 6.84. The standard InChI is InChI=1S/C13H13N3O/c14-13(17)12-4-2-10-16(12)9-1-3-11-5-7-15-8-6-11/h1-8,10H,9H2,(H2,14,17). The van der Waals surface area contributed by atoms with Gasteiger partial charge in [0.25, 0.3) is 5.91 Å². The molecule has 2 aromatic heterocycles. The van der Waals surface area contributed by atoms with E-state index < -0.39 is 5.91 Å². The highest BCUT2D eigenvalue weighted by atomic mass is 16.1. The molecule has 4 nitrogen and oxygen atoms in total. The van der Waals surface area contributed by atoms with Crippen molar-refractivity contribution in [3.05, 3.63) is 60.2 Å². The molecule has 0 aromatic carbocycles. The number of rotatable bonds is 4. The molecular weight excluding hydrogens is 214 g/mol. The van der Waals surface area contributed by atoms with Gasteiger partial charge in [-0.2, -0.15) is 0 Å². The quantitative estimate of drug-likeness (QED) is 0.864. The lowest BCUT2D eigenvalue weighted by Crippen LogP contribution is -2.16. The van der Waals surface area contributed by atoms with Crippen molar-refractivity contribution in [2.75, 3.05) is 0 Å². The van der Waals surface area contributed by atoms with Gasteiger partial charge in [-0.15, -0.1) is 0 Å². The van der Waals surface area contributed by atoms with E-state index in [0.29, 0.717) is 12.2 Å². The van der Waals surface area contributed by atoms with Gasteiger partial charge in [0, 0.05) is 25.1 Å². The Balaban J connectivity index is 2.05. The molecule has 2 heterocycles. The van der Waals surface area contributed by atoms with E-state index in [9.17, 15) is 4.79 Å². The number of nitrogens with two attached hydrogens (primary N) is 1. The molecule has 0 aliphatic rings. The van der Waals surface area contributed by atoms with E-state index in [4.69, 9.17) is 5.73 Å². The summed E-state index contributed by atoms with van der Waals surface area (Å²) in [4.78, 5) is 15.0. The van der Waals surface area contributed by atoms with Crippen molar-refractivity contribution < 1.29 is 4.79 Å². The van der Waals surface area contributed by atoms with Crippen LogP contribution in [0, 0.1) is 0 Å². The van der Waals surface area contributed by atoms with Crippen LogP contribution in [0.25, 0.3) is 6.08 Å². The van der Waals surface area contributed by atoms with Gasteiger partial charge in [0.15, 0.2) is 0 Å². The fraction of sp³-hybridized carbons (Fsp3) is 0.0769. The van der Waals surface area contributed by atoms with Gasteiger partial charge in [0.1, 0.15) is 5.69 Å². The lowest BCUT2D eigenvalue weighted by Gasteiger charge is -2.02. The minimum atomic E-state index is -0.410. The minimum Gasteiger partial charge on any atom is -0.364 e. The van der Waals surface area contributed by atoms with Crippen molar-refractivity contribution in [2.45, 2.75) is 6.54 Å². The van der Waals surface area contributed by atoms with Crippen molar-refractivity contribution >= 4 is 12.0 Å². The number of carbonyl (C=O) groups is 1. The Morgan fingerprint density at radius 3 is 2.82 bits per heavy atom. The van der Waals surface area contributed by atoms with Gasteiger partial charge >= 0.3 is 0 Å². The van der Waals surface area contributed by atoms with E-state index in [1.54, 1.807) is 29.1 Å². The van der Waals surface area contributed by atoms with Gasteiger partial charge in [0.05, 0.1) is 0 Å². The zero-order chi connectivity index (χ0) is 12.1. The summed E-state index contributed by atoms with van der Waals surface area (Å²) in [6.45, 7) is 0.619. The first-order valence-electron chi connectivity index (χ1n) is 5.29. The maximum absolute atomic E-state index is 11.1. The summed E-state index contributed by atoms with van der Waals surface area (Å²) < 4.78 is 1.81. The third kappa shape index (κ3) is 2.81. The second-order valence-electron chi connectivity index (χ2n) is 3.59. The first-order valence-corrected chi connectivity index (χ1v) is 5.29. The van der Waals surface area contributed by atoms with Gasteiger partial charge in [-0.25, -0.2) is 0 Å². The van der Waals surface area contributed by atoms with Crippen LogP contribution in [-0.2, 0) is 6.54 Å². The number of allylic oxidation sites excluding steroid dienone is 1. The Kier molecular flexibility index (Phi) is 3.35. The number of amides is 1. The predicted octanol–water partition coefficient (Wildman–Crippen LogP) is 1.70. The number of hydrogen-bond donors (Lipinski definition) is 1. The third-order valence-corrected chi connectivity index (χ3v) is 2.40. The van der Waals surface area contributed by atoms with Crippen LogP contribution in [0.5, 0.6) is 0 Å². The smallest absolute Gasteiger partial charge is 0.265 e. The lowest BCUT2D eigenvalue weighted by molar-refractivity contribution is 0.0992. The molecule has 2 rings (SSSR count). The Morgan fingerprint density at radius 2 is 2.12 bits per heavy atom. The molecule has 17 heavy (non-hydrogen) atoms. The van der Waals surface area contributed by atoms with Crippen LogP contribution in [0.1, 0.15) is 16.1 Å². The largest absolute Gasteiger partial charge is 0.364 e. The van der Waals surface area contributed by atoms with E-state index in [-0.39, 0.29) is 0 Å². The van der Waals surface area contributed by atoms with Crippen LogP contribution in [-0.4, -0.2) is 15.5 Å². The Morgan fingerprint density at radius 1 is 1.35 bits per heavy atom. The van der Waals surface area contributed by atoms with E-state index in [1.165, 1.54) is 0 Å². The molecule has 0 radical (unpaired) electrons. The highest BCUT2D eigenvalue weighted by Crippen LogP contribution is 2.04. The fourth-order valence-electron chi connectivity index (χ4n) is 1.57. The zero-order valence-electron chi connectivity index (χ0n) is 9.28. The van der Waals surface area contributed by atoms with Crippen LogP contribution in [0.3, 0.4) is 0 Å². The summed E-state index contributed by atoms with van der Waals surface area (Å²) in [7, 11) is 0. The highest BCUT2D eigenvalue weighted by molar-refractivity contribution is 5.91. The highest BCUT2D eigenvalue weighted by Gasteiger charge is 2.04. The van der Waals surface area contributed by atoms with Crippen molar-refractivity contribution in [2.24, 2.45) is 5.73 Å². The van der Waals surface area contributed by atoms with Crippen LogP contribution >= 0.6 is 0 Å². The fourth-order valence-corrected chi connectivity index (χ4v) is 1.57. The van der Waals surface area contributed by atoms with Crippen molar-refractivity contribution in [3.8, 4) is 0 Å². The molecule has 0 aliphatic carbocycles. The third-order valence-electron chi connectivity index (χ3n) is 2.40. The number of nitrogens with zero attached hydrogens (tertiary/aromatic N) is 2. The molecule has 2 aromatic rings. The average Bonchev–Trinajstić information content (AvgIpc) is 2.79. The van der Waals surface area contributed by atoms with Crippen molar-refractivity contribution in [3.63, 3.8) is 0 Å². The van der Waals surface area contributed by atoms with E-state index in [2.05, 4.69) is 4.98 Å². The van der Waals surface area contributed by atoms with Crippen LogP contribution in [0.4, 0.5) is 0 Å². The predicted molar refractivity (Wildman–Crippen MR) is 66.2 cm³/mol. The van der Waals surface area contributed by atoms with Crippen LogP contribution < -0.4 is 5.73 Å². The molecule has 0 spiro atoms. The molecule has 0 unspecified atom stereocenters. The average molecular weight is 227 g/mol. The molecule has 0 atom stereocenters. The van der Waals surface area contributed by atoms with Gasteiger partial charge in [-0.3, -0.25) is 9.78 Å². The number of hydrogen-bond acceptors (Lipinski definition) is 2. The molecule has 86 valence electrons. The number of primary amides is 1. The molecule has 0 fully saturated rings. The van der Waals surface area contributed by atoms with E-state index in [1.807, 2.05) is 30.5 Å². The van der Waals surface area contributed by atoms with Gasteiger partial charge in [-0.05, 0) is 29.8 Å². The van der Waals surface area contributed by atoms with Crippen molar-refractivity contribution in [1.82, 2.24) is 9.55 Å². The summed E-state index contributed by atoms with van der Waals surface area (Å²) in [5.74, 6) is -0.410. The molecule has 0 aliphatic heterocycles. The zero-order valence-corrected chi connectivity index (χ0v) is 9.28. The number of carbonyl (C=O) groups excluding carboxylic acids is 1. The summed E-state index contributed by atoms with van der Waals surface area (Å²) in [6, 6.07) is 7.35. The number of aromatic nitrogens is 2. The topological polar surface area (TPSA) is 60.9 Å². The van der Waals surface area contributed by atoms with E-state index in [0.717, 1.165) is 5.56 Å². The summed E-state index contributed by atoms with van der Waals surface area (Å²) in [5, 5.41) is 0. The van der Waals surface area contributed by atoms with Gasteiger partial charge in [0.2, 0.25) is 0 Å². The van der Waals surface area contributed by atoms with Gasteiger partial charge in [-0.1, -0.05) is 12.2 Å². The second-order valence-corrected chi connectivity index (χ2v) is 3.59. The molecule has 0 bridgehead atoms. The first kappa shape index (κ1) is 11.1. The normalized spacial score (nSPS) is 10.8. The minimum absolute atomic E-state index is 0.410. The molecule has 4 heteroatoms. The molecule has 2 N–H and O–H groups in total. The first-order chi connectivity index (χ1) is 8.27. The molecule has 0 saturated carbocycles. The molecule has 1 amide bonds. The monoisotopic (exact) mass is 227 g/mol. The van der Waals surface area contributed by atoms with Crippen LogP contribution in [0.2, 0.25) is 0 Å². The molecular formula is C13H13N3O. The van der Waals surface area contributed by atoms with Crippen LogP contribution in [0.15, 0.2) is 48.9 Å². The van der Waals surface area contributed by atoms with E-state index >= 15 is 0 Å². The molecule has 0 saturated heterocycles. The SMILES string of the molecule is NC(=O)c1cccn1CC=Cc1ccncc1. The maximum Gasteiger partial charge on any atom is 0.265 e. The maximum atomic E-state index is 11.1.